The van der Waals surface area contributed by atoms with Gasteiger partial charge in [0.2, 0.25) is 6.43 Å². The normalized spacial score (nSPS) is 20.2. The first kappa shape index (κ1) is 9.86. The third kappa shape index (κ3) is 3.97. The number of hydrogen-bond acceptors (Lipinski definition) is 2. The second-order valence-corrected chi connectivity index (χ2v) is 3.00. The highest BCUT2D eigenvalue weighted by atomic mass is 19.3. The van der Waals surface area contributed by atoms with E-state index < -0.39 is 6.43 Å². The molecule has 0 atom stereocenters. The van der Waals surface area contributed by atoms with E-state index in [1.54, 1.807) is 0 Å². The summed E-state index contributed by atoms with van der Waals surface area (Å²) in [5.74, 6) is 0. The Labute approximate surface area is 71.3 Å². The molecule has 0 aliphatic carbocycles. The van der Waals surface area contributed by atoms with E-state index in [0.29, 0.717) is 0 Å². The number of ether oxygens (including phenoxy) is 1. The third-order valence-electron chi connectivity index (χ3n) is 1.98. The number of halogens is 2. The van der Waals surface area contributed by atoms with Crippen molar-refractivity contribution in [2.24, 2.45) is 0 Å². The minimum atomic E-state index is -2.23. The first-order valence-electron chi connectivity index (χ1n) is 4.39. The molecule has 0 aromatic rings. The van der Waals surface area contributed by atoms with Crippen molar-refractivity contribution in [2.45, 2.75) is 31.8 Å². The van der Waals surface area contributed by atoms with Gasteiger partial charge < -0.3 is 10.1 Å². The molecule has 0 aromatic heterocycles. The Morgan fingerprint density at radius 1 is 1.33 bits per heavy atom. The summed E-state index contributed by atoms with van der Waals surface area (Å²) < 4.78 is 28.7. The number of nitrogens with one attached hydrogen (secondary N) is 1. The molecule has 1 fully saturated rings. The van der Waals surface area contributed by atoms with Crippen molar-refractivity contribution >= 4 is 0 Å². The molecule has 1 saturated heterocycles. The fraction of sp³-hybridized carbons (Fsp3) is 1.00. The van der Waals surface area contributed by atoms with Gasteiger partial charge in [0.15, 0.2) is 0 Å². The second-order valence-electron chi connectivity index (χ2n) is 3.00. The fourth-order valence-corrected chi connectivity index (χ4v) is 1.29. The average molecular weight is 179 g/mol. The fourth-order valence-electron chi connectivity index (χ4n) is 1.29. The summed E-state index contributed by atoms with van der Waals surface area (Å²) in [5, 5.41) is 3.19. The van der Waals surface area contributed by atoms with Crippen molar-refractivity contribution in [1.29, 1.82) is 0 Å². The van der Waals surface area contributed by atoms with Gasteiger partial charge in [0.05, 0.1) is 12.7 Å². The Morgan fingerprint density at radius 3 is 2.58 bits per heavy atom. The van der Waals surface area contributed by atoms with E-state index in [4.69, 9.17) is 4.74 Å². The molecule has 1 aliphatic heterocycles. The van der Waals surface area contributed by atoms with E-state index in [1.165, 1.54) is 0 Å². The second kappa shape index (κ2) is 5.43. The van der Waals surface area contributed by atoms with Crippen LogP contribution in [0.4, 0.5) is 8.78 Å². The van der Waals surface area contributed by atoms with Crippen molar-refractivity contribution in [1.82, 2.24) is 5.32 Å². The van der Waals surface area contributed by atoms with E-state index in [0.717, 1.165) is 25.9 Å². The largest absolute Gasteiger partial charge is 0.378 e. The lowest BCUT2D eigenvalue weighted by atomic mass is 10.1. The van der Waals surface area contributed by atoms with Gasteiger partial charge in [-0.2, -0.15) is 0 Å². The van der Waals surface area contributed by atoms with Gasteiger partial charge in [0.1, 0.15) is 0 Å². The van der Waals surface area contributed by atoms with Crippen LogP contribution < -0.4 is 5.32 Å². The summed E-state index contributed by atoms with van der Waals surface area (Å²) in [6.07, 6.45) is -0.270. The number of hydrogen-bond donors (Lipinski definition) is 1. The molecular weight excluding hydrogens is 164 g/mol. The molecule has 0 amide bonds. The molecule has 4 heteroatoms. The van der Waals surface area contributed by atoms with Crippen LogP contribution in [0.15, 0.2) is 0 Å². The van der Waals surface area contributed by atoms with Gasteiger partial charge in [-0.3, -0.25) is 0 Å². The molecule has 72 valence electrons. The maximum absolute atomic E-state index is 11.7. The Balaban J connectivity index is 1.98. The Hall–Kier alpha value is -0.220. The molecule has 1 rings (SSSR count). The van der Waals surface area contributed by atoms with Crippen LogP contribution in [0.3, 0.4) is 0 Å². The molecule has 0 radical (unpaired) electrons. The third-order valence-corrected chi connectivity index (χ3v) is 1.98. The molecule has 0 spiro atoms. The minimum absolute atomic E-state index is 0.135. The van der Waals surface area contributed by atoms with Crippen molar-refractivity contribution in [3.63, 3.8) is 0 Å². The van der Waals surface area contributed by atoms with E-state index in [1.807, 2.05) is 0 Å². The molecule has 0 unspecified atom stereocenters. The monoisotopic (exact) mass is 179 g/mol. The molecule has 0 aromatic carbocycles. The maximum Gasteiger partial charge on any atom is 0.240 e. The summed E-state index contributed by atoms with van der Waals surface area (Å²) in [7, 11) is 0. The Kier molecular flexibility index (Phi) is 4.46. The zero-order valence-electron chi connectivity index (χ0n) is 7.06. The van der Waals surface area contributed by atoms with E-state index >= 15 is 0 Å². The first-order chi connectivity index (χ1) is 5.79. The van der Waals surface area contributed by atoms with Crippen molar-refractivity contribution in [3.05, 3.63) is 0 Å². The van der Waals surface area contributed by atoms with Gasteiger partial charge in [-0.05, 0) is 25.9 Å². The highest BCUT2D eigenvalue weighted by molar-refractivity contribution is 4.67. The van der Waals surface area contributed by atoms with Crippen LogP contribution in [-0.4, -0.2) is 32.2 Å². The molecule has 1 aliphatic rings. The molecule has 2 nitrogen and oxygen atoms in total. The van der Waals surface area contributed by atoms with Crippen molar-refractivity contribution in [2.75, 3.05) is 19.7 Å². The number of alkyl halides is 2. The summed E-state index contributed by atoms with van der Waals surface area (Å²) in [4.78, 5) is 0. The summed E-state index contributed by atoms with van der Waals surface area (Å²) in [6.45, 7) is 2.08. The van der Waals surface area contributed by atoms with Crippen LogP contribution in [0.5, 0.6) is 0 Å². The van der Waals surface area contributed by atoms with Gasteiger partial charge in [-0.1, -0.05) is 0 Å². The lowest BCUT2D eigenvalue weighted by Gasteiger charge is -2.22. The lowest BCUT2D eigenvalue weighted by molar-refractivity contribution is 0.00648. The van der Waals surface area contributed by atoms with Crippen LogP contribution >= 0.6 is 0 Å². The predicted octanol–water partition coefficient (Wildman–Crippen LogP) is 1.41. The standard InChI is InChI=1S/C8H15F2NO/c9-8(10)3-6-12-7-1-4-11-5-2-7/h7-8,11H,1-6H2. The summed E-state index contributed by atoms with van der Waals surface area (Å²) >= 11 is 0. The van der Waals surface area contributed by atoms with E-state index in [-0.39, 0.29) is 19.1 Å². The van der Waals surface area contributed by atoms with E-state index in [2.05, 4.69) is 5.32 Å². The molecule has 12 heavy (non-hydrogen) atoms. The zero-order chi connectivity index (χ0) is 8.81. The number of piperidine rings is 1. The first-order valence-corrected chi connectivity index (χ1v) is 4.39. The Morgan fingerprint density at radius 2 is 2.00 bits per heavy atom. The molecule has 0 saturated carbocycles. The van der Waals surface area contributed by atoms with Crippen LogP contribution in [0.1, 0.15) is 19.3 Å². The maximum atomic E-state index is 11.7. The smallest absolute Gasteiger partial charge is 0.240 e. The molecule has 0 bridgehead atoms. The predicted molar refractivity (Wildman–Crippen MR) is 42.5 cm³/mol. The topological polar surface area (TPSA) is 21.3 Å². The van der Waals surface area contributed by atoms with Gasteiger partial charge in [0, 0.05) is 6.42 Å². The average Bonchev–Trinajstić information content (AvgIpc) is 2.05. The molecular formula is C8H15F2NO. The van der Waals surface area contributed by atoms with E-state index in [9.17, 15) is 8.78 Å². The zero-order valence-corrected chi connectivity index (χ0v) is 7.06. The number of rotatable bonds is 4. The quantitative estimate of drug-likeness (QED) is 0.704. The minimum Gasteiger partial charge on any atom is -0.378 e. The lowest BCUT2D eigenvalue weighted by Crippen LogP contribution is -2.32. The molecule has 1 heterocycles. The highest BCUT2D eigenvalue weighted by Gasteiger charge is 2.13. The van der Waals surface area contributed by atoms with Crippen LogP contribution in [-0.2, 0) is 4.74 Å². The summed E-state index contributed by atoms with van der Waals surface area (Å²) in [6, 6.07) is 0. The molecule has 1 N–H and O–H groups in total. The van der Waals surface area contributed by atoms with Crippen LogP contribution in [0.2, 0.25) is 0 Å². The summed E-state index contributed by atoms with van der Waals surface area (Å²) in [5.41, 5.74) is 0. The van der Waals surface area contributed by atoms with Crippen molar-refractivity contribution < 1.29 is 13.5 Å². The van der Waals surface area contributed by atoms with Gasteiger partial charge in [0.25, 0.3) is 0 Å². The SMILES string of the molecule is FC(F)CCOC1CCNCC1. The van der Waals surface area contributed by atoms with Crippen molar-refractivity contribution in [3.8, 4) is 0 Å². The van der Waals surface area contributed by atoms with Crippen LogP contribution in [0.25, 0.3) is 0 Å². The van der Waals surface area contributed by atoms with Gasteiger partial charge in [-0.25, -0.2) is 8.78 Å². The van der Waals surface area contributed by atoms with Gasteiger partial charge >= 0.3 is 0 Å². The van der Waals surface area contributed by atoms with Crippen LogP contribution in [0, 0.1) is 0 Å². The van der Waals surface area contributed by atoms with Gasteiger partial charge in [-0.15, -0.1) is 0 Å². The highest BCUT2D eigenvalue weighted by Crippen LogP contribution is 2.08. The Bertz CT molecular complexity index is 116.